The Balaban J connectivity index is 2.81. The molecule has 2 aromatic rings. The molecule has 0 radical (unpaired) electrons. The molecule has 0 bridgehead atoms. The van der Waals surface area contributed by atoms with Gasteiger partial charge in [-0.2, -0.15) is 0 Å². The third-order valence-electron chi connectivity index (χ3n) is 2.13. The average Bonchev–Trinajstić information content (AvgIpc) is 2.56. The molecule has 0 aliphatic heterocycles. The van der Waals surface area contributed by atoms with E-state index in [0.29, 0.717) is 0 Å². The number of halogens is 2. The van der Waals surface area contributed by atoms with Gasteiger partial charge in [0.05, 0.1) is 6.61 Å². The Kier molecular flexibility index (Phi) is 3.27. The van der Waals surface area contributed by atoms with Crippen molar-refractivity contribution in [1.82, 2.24) is 0 Å². The summed E-state index contributed by atoms with van der Waals surface area (Å²) in [6.07, 6.45) is 0. The molecule has 0 aliphatic carbocycles. The molecule has 2 rings (SSSR count). The molecule has 0 amide bonds. The van der Waals surface area contributed by atoms with Crippen molar-refractivity contribution >= 4 is 53.3 Å². The fourth-order valence-corrected chi connectivity index (χ4v) is 4.00. The predicted molar refractivity (Wildman–Crippen MR) is 68.1 cm³/mol. The third-order valence-corrected chi connectivity index (χ3v) is 4.92. The molecule has 1 heterocycles. The summed E-state index contributed by atoms with van der Waals surface area (Å²) >= 11 is 8.67. The van der Waals surface area contributed by atoms with Crippen LogP contribution in [-0.4, -0.2) is 5.11 Å². The van der Waals surface area contributed by atoms with Gasteiger partial charge < -0.3 is 5.11 Å². The lowest BCUT2D eigenvalue weighted by atomic mass is 10.1. The first kappa shape index (κ1) is 10.6. The molecule has 0 fully saturated rings. The van der Waals surface area contributed by atoms with Crippen LogP contribution in [-0.2, 0) is 11.9 Å². The summed E-state index contributed by atoms with van der Waals surface area (Å²) in [6, 6.07) is 6.10. The van der Waals surface area contributed by atoms with Crippen molar-refractivity contribution < 1.29 is 5.11 Å². The minimum absolute atomic E-state index is 0.101. The molecular formula is C10H8Br2OS. The van der Waals surface area contributed by atoms with E-state index in [1.54, 1.807) is 11.3 Å². The van der Waals surface area contributed by atoms with Crippen molar-refractivity contribution in [2.24, 2.45) is 0 Å². The van der Waals surface area contributed by atoms with Gasteiger partial charge >= 0.3 is 0 Å². The Morgan fingerprint density at radius 3 is 2.79 bits per heavy atom. The SMILES string of the molecule is OCc1c(CBr)sc2cccc(Br)c12. The standard InChI is InChI=1S/C10H8Br2OS/c11-4-9-6(5-13)10-7(12)2-1-3-8(10)14-9/h1-3,13H,4-5H2. The minimum atomic E-state index is 0.101. The molecule has 0 unspecified atom stereocenters. The van der Waals surface area contributed by atoms with Crippen LogP contribution < -0.4 is 0 Å². The number of hydrogen-bond acceptors (Lipinski definition) is 2. The van der Waals surface area contributed by atoms with Crippen LogP contribution in [0.3, 0.4) is 0 Å². The van der Waals surface area contributed by atoms with Crippen molar-refractivity contribution in [3.8, 4) is 0 Å². The van der Waals surface area contributed by atoms with Crippen molar-refractivity contribution in [3.63, 3.8) is 0 Å². The second-order valence-electron chi connectivity index (χ2n) is 2.91. The van der Waals surface area contributed by atoms with E-state index in [2.05, 4.69) is 37.9 Å². The Morgan fingerprint density at radius 1 is 1.36 bits per heavy atom. The smallest absolute Gasteiger partial charge is 0.0699 e. The lowest BCUT2D eigenvalue weighted by Gasteiger charge is -1.98. The zero-order valence-corrected chi connectivity index (χ0v) is 11.2. The molecule has 1 aromatic carbocycles. The van der Waals surface area contributed by atoms with Crippen LogP contribution in [0.5, 0.6) is 0 Å². The first-order chi connectivity index (χ1) is 6.77. The van der Waals surface area contributed by atoms with Gasteiger partial charge in [0.2, 0.25) is 0 Å². The van der Waals surface area contributed by atoms with Gasteiger partial charge in [-0.3, -0.25) is 0 Å². The van der Waals surface area contributed by atoms with E-state index in [-0.39, 0.29) is 6.61 Å². The van der Waals surface area contributed by atoms with E-state index >= 15 is 0 Å². The fourth-order valence-electron chi connectivity index (χ4n) is 1.49. The first-order valence-corrected chi connectivity index (χ1v) is 6.86. The molecular weight excluding hydrogens is 328 g/mol. The number of thiophene rings is 1. The summed E-state index contributed by atoms with van der Waals surface area (Å²) in [4.78, 5) is 1.20. The number of rotatable bonds is 2. The number of benzene rings is 1. The van der Waals surface area contributed by atoms with Gasteiger partial charge in [0.15, 0.2) is 0 Å². The van der Waals surface area contributed by atoms with E-state index < -0.39 is 0 Å². The highest BCUT2D eigenvalue weighted by atomic mass is 79.9. The summed E-state index contributed by atoms with van der Waals surface area (Å²) in [5.41, 5.74) is 1.04. The van der Waals surface area contributed by atoms with Gasteiger partial charge in [-0.15, -0.1) is 11.3 Å². The zero-order valence-electron chi connectivity index (χ0n) is 7.26. The second kappa shape index (κ2) is 4.31. The Morgan fingerprint density at radius 2 is 2.14 bits per heavy atom. The van der Waals surface area contributed by atoms with Crippen molar-refractivity contribution in [2.45, 2.75) is 11.9 Å². The number of alkyl halides is 1. The highest BCUT2D eigenvalue weighted by molar-refractivity contribution is 9.10. The molecule has 0 atom stereocenters. The highest BCUT2D eigenvalue weighted by Crippen LogP contribution is 2.37. The summed E-state index contributed by atoms with van der Waals surface area (Å²) in [5.74, 6) is 0. The fraction of sp³-hybridized carbons (Fsp3) is 0.200. The summed E-state index contributed by atoms with van der Waals surface area (Å²) in [5, 5.41) is 11.3. The first-order valence-electron chi connectivity index (χ1n) is 4.13. The molecule has 74 valence electrons. The number of hydrogen-bond donors (Lipinski definition) is 1. The summed E-state index contributed by atoms with van der Waals surface area (Å²) in [6.45, 7) is 0.101. The van der Waals surface area contributed by atoms with Crippen LogP contribution in [0, 0.1) is 0 Å². The molecule has 1 aromatic heterocycles. The molecule has 1 nitrogen and oxygen atoms in total. The highest BCUT2D eigenvalue weighted by Gasteiger charge is 2.12. The Hall–Kier alpha value is 0.1000. The molecule has 14 heavy (non-hydrogen) atoms. The van der Waals surface area contributed by atoms with Crippen molar-refractivity contribution in [3.05, 3.63) is 33.1 Å². The van der Waals surface area contributed by atoms with E-state index in [1.165, 1.54) is 9.58 Å². The third kappa shape index (κ3) is 1.65. The van der Waals surface area contributed by atoms with Crippen LogP contribution >= 0.6 is 43.2 Å². The molecule has 1 N–H and O–H groups in total. The number of aliphatic hydroxyl groups excluding tert-OH is 1. The molecule has 0 saturated heterocycles. The van der Waals surface area contributed by atoms with E-state index in [1.807, 2.05) is 12.1 Å². The van der Waals surface area contributed by atoms with E-state index in [4.69, 9.17) is 0 Å². The average molecular weight is 336 g/mol. The summed E-state index contributed by atoms with van der Waals surface area (Å²) in [7, 11) is 0. The van der Waals surface area contributed by atoms with E-state index in [0.717, 1.165) is 20.8 Å². The lowest BCUT2D eigenvalue weighted by molar-refractivity contribution is 0.283. The maximum Gasteiger partial charge on any atom is 0.0699 e. The van der Waals surface area contributed by atoms with Crippen LogP contribution in [0.15, 0.2) is 22.7 Å². The van der Waals surface area contributed by atoms with Crippen LogP contribution in [0.1, 0.15) is 10.4 Å². The maximum atomic E-state index is 9.33. The monoisotopic (exact) mass is 334 g/mol. The Labute approximate surface area is 103 Å². The lowest BCUT2D eigenvalue weighted by Crippen LogP contribution is -1.85. The van der Waals surface area contributed by atoms with Crippen LogP contribution in [0.2, 0.25) is 0 Å². The van der Waals surface area contributed by atoms with Crippen molar-refractivity contribution in [1.29, 1.82) is 0 Å². The van der Waals surface area contributed by atoms with Gasteiger partial charge in [-0.25, -0.2) is 0 Å². The van der Waals surface area contributed by atoms with Gasteiger partial charge in [-0.05, 0) is 12.1 Å². The van der Waals surface area contributed by atoms with Gasteiger partial charge in [0, 0.05) is 30.3 Å². The summed E-state index contributed by atoms with van der Waals surface area (Å²) < 4.78 is 2.28. The maximum absolute atomic E-state index is 9.33. The van der Waals surface area contributed by atoms with Crippen molar-refractivity contribution in [2.75, 3.05) is 0 Å². The quantitative estimate of drug-likeness (QED) is 0.821. The van der Waals surface area contributed by atoms with E-state index in [9.17, 15) is 5.11 Å². The van der Waals surface area contributed by atoms with Crippen LogP contribution in [0.25, 0.3) is 10.1 Å². The number of fused-ring (bicyclic) bond motifs is 1. The van der Waals surface area contributed by atoms with Crippen LogP contribution in [0.4, 0.5) is 0 Å². The zero-order chi connectivity index (χ0) is 10.1. The Bertz CT molecular complexity index is 464. The normalized spacial score (nSPS) is 11.1. The minimum Gasteiger partial charge on any atom is -0.392 e. The molecule has 4 heteroatoms. The van der Waals surface area contributed by atoms with Gasteiger partial charge in [0.25, 0.3) is 0 Å². The molecule has 0 aliphatic rings. The second-order valence-corrected chi connectivity index (χ2v) is 5.46. The van der Waals surface area contributed by atoms with Gasteiger partial charge in [0.1, 0.15) is 0 Å². The molecule has 0 spiro atoms. The molecule has 0 saturated carbocycles. The predicted octanol–water partition coefficient (Wildman–Crippen LogP) is 4.05. The van der Waals surface area contributed by atoms with Gasteiger partial charge in [-0.1, -0.05) is 37.9 Å². The largest absolute Gasteiger partial charge is 0.392 e. The topological polar surface area (TPSA) is 20.2 Å². The number of aliphatic hydroxyl groups is 1.